The van der Waals surface area contributed by atoms with E-state index in [2.05, 4.69) is 29.4 Å². The summed E-state index contributed by atoms with van der Waals surface area (Å²) >= 11 is 1.38. The minimum atomic E-state index is -0.112. The Bertz CT molecular complexity index is 885. The van der Waals surface area contributed by atoms with Crippen LogP contribution in [0.15, 0.2) is 58.4 Å². The molecule has 2 aromatic carbocycles. The van der Waals surface area contributed by atoms with E-state index in [9.17, 15) is 4.79 Å². The van der Waals surface area contributed by atoms with Crippen LogP contribution in [-0.2, 0) is 11.2 Å². The second kappa shape index (κ2) is 8.91. The number of unbranched alkanes of at least 4 members (excludes halogenated alkanes) is 1. The van der Waals surface area contributed by atoms with Crippen molar-refractivity contribution in [1.82, 2.24) is 5.32 Å². The third-order valence-electron chi connectivity index (χ3n) is 4.45. The zero-order valence-electron chi connectivity index (χ0n) is 15.9. The van der Waals surface area contributed by atoms with E-state index in [0.717, 1.165) is 29.0 Å². The van der Waals surface area contributed by atoms with Crippen molar-refractivity contribution in [2.45, 2.75) is 33.1 Å². The lowest BCUT2D eigenvalue weighted by Crippen LogP contribution is -2.19. The van der Waals surface area contributed by atoms with Gasteiger partial charge in [-0.3, -0.25) is 4.79 Å². The minimum Gasteiger partial charge on any atom is -0.497 e. The van der Waals surface area contributed by atoms with Gasteiger partial charge in [-0.15, -0.1) is 0 Å². The van der Waals surface area contributed by atoms with Crippen LogP contribution >= 0.6 is 11.8 Å². The number of nitrogens with one attached hydrogen (secondary N) is 1. The molecule has 0 spiro atoms. The molecule has 1 fully saturated rings. The Morgan fingerprint density at radius 1 is 1.19 bits per heavy atom. The number of methoxy groups -OCH3 is 1. The van der Waals surface area contributed by atoms with Crippen LogP contribution in [0.5, 0.6) is 5.75 Å². The van der Waals surface area contributed by atoms with E-state index in [4.69, 9.17) is 4.74 Å². The number of rotatable bonds is 6. The van der Waals surface area contributed by atoms with Gasteiger partial charge >= 0.3 is 0 Å². The second-order valence-corrected chi connectivity index (χ2v) is 7.43. The molecule has 1 aliphatic heterocycles. The van der Waals surface area contributed by atoms with E-state index >= 15 is 0 Å². The topological polar surface area (TPSA) is 50.7 Å². The number of aryl methyl sites for hydroxylation is 1. The standard InChI is InChI=1S/C22H24N2O2S/c1-4-5-7-16-10-12-18(13-11-16)23-22-24-21(25)20(27-22)15(2)17-8-6-9-19(14-17)26-3/h6,8-14H,4-5,7H2,1-3H3,(H,23,24,25)/b20-15-. The third kappa shape index (κ3) is 4.80. The molecular formula is C22H24N2O2S. The molecule has 0 unspecified atom stereocenters. The van der Waals surface area contributed by atoms with Gasteiger partial charge in [0, 0.05) is 0 Å². The van der Waals surface area contributed by atoms with E-state index in [0.29, 0.717) is 10.1 Å². The molecule has 4 nitrogen and oxygen atoms in total. The number of amides is 1. The number of hydrogen-bond donors (Lipinski definition) is 1. The molecule has 0 radical (unpaired) electrons. The monoisotopic (exact) mass is 380 g/mol. The van der Waals surface area contributed by atoms with Crippen molar-refractivity contribution in [2.75, 3.05) is 7.11 Å². The van der Waals surface area contributed by atoms with Crippen LogP contribution in [0.4, 0.5) is 5.69 Å². The molecule has 1 aliphatic rings. The zero-order chi connectivity index (χ0) is 19.2. The molecular weight excluding hydrogens is 356 g/mol. The summed E-state index contributed by atoms with van der Waals surface area (Å²) < 4.78 is 5.28. The molecule has 27 heavy (non-hydrogen) atoms. The number of amidine groups is 1. The van der Waals surface area contributed by atoms with Crippen molar-refractivity contribution >= 4 is 34.1 Å². The predicted octanol–water partition coefficient (Wildman–Crippen LogP) is 5.32. The molecule has 2 aromatic rings. The Morgan fingerprint density at radius 3 is 2.67 bits per heavy atom. The van der Waals surface area contributed by atoms with Crippen LogP contribution in [0.2, 0.25) is 0 Å². The number of allylic oxidation sites excluding steroid dienone is 1. The maximum absolute atomic E-state index is 12.4. The first-order valence-electron chi connectivity index (χ1n) is 9.13. The fourth-order valence-electron chi connectivity index (χ4n) is 2.84. The van der Waals surface area contributed by atoms with Crippen molar-refractivity contribution in [3.05, 3.63) is 64.6 Å². The summed E-state index contributed by atoms with van der Waals surface area (Å²) in [5.74, 6) is 0.659. The van der Waals surface area contributed by atoms with Crippen molar-refractivity contribution in [1.29, 1.82) is 0 Å². The highest BCUT2D eigenvalue weighted by Crippen LogP contribution is 2.33. The lowest BCUT2D eigenvalue weighted by Gasteiger charge is -2.06. The van der Waals surface area contributed by atoms with Gasteiger partial charge < -0.3 is 10.1 Å². The van der Waals surface area contributed by atoms with Crippen LogP contribution < -0.4 is 10.1 Å². The summed E-state index contributed by atoms with van der Waals surface area (Å²) in [6.07, 6.45) is 3.47. The first-order chi connectivity index (χ1) is 13.1. The zero-order valence-corrected chi connectivity index (χ0v) is 16.7. The van der Waals surface area contributed by atoms with Gasteiger partial charge in [0.15, 0.2) is 5.17 Å². The molecule has 3 rings (SSSR count). The maximum atomic E-state index is 12.4. The van der Waals surface area contributed by atoms with Crippen LogP contribution in [0.3, 0.4) is 0 Å². The molecule has 0 aliphatic carbocycles. The van der Waals surface area contributed by atoms with Gasteiger partial charge in [-0.2, -0.15) is 0 Å². The number of ether oxygens (including phenoxy) is 1. The lowest BCUT2D eigenvalue weighted by atomic mass is 10.1. The molecule has 0 aromatic heterocycles. The Hall–Kier alpha value is -2.53. The van der Waals surface area contributed by atoms with Crippen molar-refractivity contribution in [3.63, 3.8) is 0 Å². The van der Waals surface area contributed by atoms with Crippen LogP contribution in [0.25, 0.3) is 5.57 Å². The Morgan fingerprint density at radius 2 is 1.96 bits per heavy atom. The van der Waals surface area contributed by atoms with Gasteiger partial charge in [0.2, 0.25) is 0 Å². The number of nitrogens with zero attached hydrogens (tertiary/aromatic N) is 1. The summed E-state index contributed by atoms with van der Waals surface area (Å²) in [4.78, 5) is 17.7. The molecule has 1 amide bonds. The highest BCUT2D eigenvalue weighted by Gasteiger charge is 2.26. The lowest BCUT2D eigenvalue weighted by molar-refractivity contribution is -0.115. The molecule has 1 N–H and O–H groups in total. The largest absolute Gasteiger partial charge is 0.497 e. The van der Waals surface area contributed by atoms with E-state index in [1.807, 2.05) is 43.3 Å². The van der Waals surface area contributed by atoms with Gasteiger partial charge in [0.25, 0.3) is 5.91 Å². The molecule has 1 heterocycles. The van der Waals surface area contributed by atoms with E-state index < -0.39 is 0 Å². The quantitative estimate of drug-likeness (QED) is 0.690. The average Bonchev–Trinajstić information content (AvgIpc) is 3.07. The highest BCUT2D eigenvalue weighted by atomic mass is 32.2. The summed E-state index contributed by atoms with van der Waals surface area (Å²) in [6.45, 7) is 4.14. The number of carbonyl (C=O) groups excluding carboxylic acids is 1. The summed E-state index contributed by atoms with van der Waals surface area (Å²) in [5, 5.41) is 3.48. The SMILES string of the molecule is CCCCc1ccc(N=C2NC(=O)/C(=C(\C)c3cccc(OC)c3)S2)cc1. The summed E-state index contributed by atoms with van der Waals surface area (Å²) in [7, 11) is 1.64. The number of carbonyl (C=O) groups is 1. The normalized spacial score (nSPS) is 17.1. The molecule has 0 bridgehead atoms. The average molecular weight is 381 g/mol. The van der Waals surface area contributed by atoms with Gasteiger partial charge in [0.05, 0.1) is 17.7 Å². The number of benzene rings is 2. The molecule has 0 saturated carbocycles. The van der Waals surface area contributed by atoms with Gasteiger partial charge in [-0.05, 0) is 72.5 Å². The first-order valence-corrected chi connectivity index (χ1v) is 9.94. The first kappa shape index (κ1) is 19.2. The fraction of sp³-hybridized carbons (Fsp3) is 0.273. The number of hydrogen-bond acceptors (Lipinski definition) is 4. The van der Waals surface area contributed by atoms with Gasteiger partial charge in [-0.25, -0.2) is 4.99 Å². The third-order valence-corrected chi connectivity index (χ3v) is 5.54. The number of thioether (sulfide) groups is 1. The molecule has 5 heteroatoms. The van der Waals surface area contributed by atoms with Crippen molar-refractivity contribution in [2.24, 2.45) is 4.99 Å². The van der Waals surface area contributed by atoms with E-state index in [-0.39, 0.29) is 5.91 Å². The fourth-order valence-corrected chi connectivity index (χ4v) is 3.75. The smallest absolute Gasteiger partial charge is 0.264 e. The molecule has 140 valence electrons. The molecule has 1 saturated heterocycles. The van der Waals surface area contributed by atoms with Crippen molar-refractivity contribution in [3.8, 4) is 5.75 Å². The predicted molar refractivity (Wildman–Crippen MR) is 113 cm³/mol. The van der Waals surface area contributed by atoms with Gasteiger partial charge in [0.1, 0.15) is 5.75 Å². The second-order valence-electron chi connectivity index (χ2n) is 6.43. The summed E-state index contributed by atoms with van der Waals surface area (Å²) in [5.41, 5.74) is 4.04. The minimum absolute atomic E-state index is 0.112. The van der Waals surface area contributed by atoms with Crippen molar-refractivity contribution < 1.29 is 9.53 Å². The Kier molecular flexibility index (Phi) is 6.35. The van der Waals surface area contributed by atoms with E-state index in [1.165, 1.54) is 30.2 Å². The summed E-state index contributed by atoms with van der Waals surface area (Å²) in [6, 6.07) is 15.9. The maximum Gasteiger partial charge on any atom is 0.264 e. The van der Waals surface area contributed by atoms with Gasteiger partial charge in [-0.1, -0.05) is 37.6 Å². The van der Waals surface area contributed by atoms with Crippen LogP contribution in [0.1, 0.15) is 37.8 Å². The highest BCUT2D eigenvalue weighted by molar-refractivity contribution is 8.18. The van der Waals surface area contributed by atoms with Crippen LogP contribution in [-0.4, -0.2) is 18.2 Å². The Balaban J connectivity index is 1.78. The molecule has 0 atom stereocenters. The number of aliphatic imine (C=N–C) groups is 1. The van der Waals surface area contributed by atoms with E-state index in [1.54, 1.807) is 7.11 Å². The van der Waals surface area contributed by atoms with Crippen LogP contribution in [0, 0.1) is 0 Å². The Labute approximate surface area is 164 Å².